The van der Waals surface area contributed by atoms with Gasteiger partial charge in [0.1, 0.15) is 19.0 Å². The van der Waals surface area contributed by atoms with Crippen molar-refractivity contribution >= 4 is 12.2 Å². The minimum Gasteiger partial charge on any atom is -0.475 e. The molecule has 0 radical (unpaired) electrons. The number of carbonyl (C=O) groups excluding carboxylic acids is 1. The lowest BCUT2D eigenvalue weighted by Gasteiger charge is -2.43. The van der Waals surface area contributed by atoms with Crippen LogP contribution in [0.1, 0.15) is 19.8 Å². The number of ether oxygens (including phenoxy) is 5. The molecule has 2 rings (SSSR count). The molecule has 2 heterocycles. The van der Waals surface area contributed by atoms with Crippen molar-refractivity contribution in [2.45, 2.75) is 44.1 Å². The number of aliphatic hydroxyl groups excluding tert-OH is 1. The van der Waals surface area contributed by atoms with E-state index >= 15 is 0 Å². The standard InChI is InChI=1S/C21H36N4O7/c1-3-4-16-19(15(13-26)20(27)17(32-16)14-28-2)25-21-23-7-5-18(24-21)31-12-11-30-10-9-29-8-6-22/h5,7,13,15-17,19-20,27H,3-4,6,8-12,14,22H2,1-2H3,(H,23,24,25)/t15-,16-,17-,19-,20-/m1/s1. The number of nitrogens with two attached hydrogens (primary N) is 1. The number of hydrogen-bond acceptors (Lipinski definition) is 11. The van der Waals surface area contributed by atoms with Crippen LogP contribution in [-0.2, 0) is 23.7 Å². The number of aliphatic hydroxyl groups is 1. The average molecular weight is 457 g/mol. The topological polar surface area (TPSA) is 147 Å². The number of hydrogen-bond donors (Lipinski definition) is 3. The minimum absolute atomic E-state index is 0.208. The summed E-state index contributed by atoms with van der Waals surface area (Å²) in [7, 11) is 1.53. The normalized spacial score (nSPS) is 25.4. The molecule has 32 heavy (non-hydrogen) atoms. The van der Waals surface area contributed by atoms with Crippen LogP contribution in [0.15, 0.2) is 12.3 Å². The molecule has 0 amide bonds. The fourth-order valence-electron chi connectivity index (χ4n) is 3.54. The van der Waals surface area contributed by atoms with Crippen molar-refractivity contribution in [2.24, 2.45) is 11.7 Å². The van der Waals surface area contributed by atoms with Crippen molar-refractivity contribution in [2.75, 3.05) is 58.6 Å². The predicted octanol–water partition coefficient (Wildman–Crippen LogP) is 0.0177. The number of methoxy groups -OCH3 is 1. The smallest absolute Gasteiger partial charge is 0.226 e. The first-order chi connectivity index (χ1) is 15.6. The molecule has 1 aliphatic rings. The Morgan fingerprint density at radius 3 is 2.66 bits per heavy atom. The Kier molecular flexibility index (Phi) is 12.4. The third-order valence-corrected chi connectivity index (χ3v) is 5.04. The summed E-state index contributed by atoms with van der Waals surface area (Å²) in [6.07, 6.45) is 2.00. The van der Waals surface area contributed by atoms with E-state index in [0.717, 1.165) is 12.7 Å². The van der Waals surface area contributed by atoms with Crippen molar-refractivity contribution in [3.8, 4) is 5.88 Å². The van der Waals surface area contributed by atoms with Gasteiger partial charge in [0.25, 0.3) is 0 Å². The zero-order valence-corrected chi connectivity index (χ0v) is 18.9. The van der Waals surface area contributed by atoms with Gasteiger partial charge in [0.15, 0.2) is 0 Å². The van der Waals surface area contributed by atoms with Gasteiger partial charge in [-0.1, -0.05) is 13.3 Å². The van der Waals surface area contributed by atoms with Gasteiger partial charge in [-0.25, -0.2) is 4.98 Å². The lowest BCUT2D eigenvalue weighted by molar-refractivity contribution is -0.170. The molecule has 0 bridgehead atoms. The maximum atomic E-state index is 11.8. The molecule has 1 aliphatic heterocycles. The van der Waals surface area contributed by atoms with Gasteiger partial charge >= 0.3 is 0 Å². The van der Waals surface area contributed by atoms with Gasteiger partial charge in [0.05, 0.1) is 57.2 Å². The number of rotatable bonds is 16. The van der Waals surface area contributed by atoms with E-state index in [1.54, 1.807) is 12.3 Å². The summed E-state index contributed by atoms with van der Waals surface area (Å²) in [5.74, 6) is -0.0317. The highest BCUT2D eigenvalue weighted by Crippen LogP contribution is 2.30. The molecule has 11 heteroatoms. The van der Waals surface area contributed by atoms with Crippen LogP contribution in [-0.4, -0.2) is 99.0 Å². The highest BCUT2D eigenvalue weighted by molar-refractivity contribution is 5.58. The summed E-state index contributed by atoms with van der Waals surface area (Å²) < 4.78 is 27.4. The number of nitrogens with one attached hydrogen (secondary N) is 1. The number of nitrogens with zero attached hydrogens (tertiary/aromatic N) is 2. The van der Waals surface area contributed by atoms with Gasteiger partial charge in [-0.3, -0.25) is 0 Å². The van der Waals surface area contributed by atoms with Crippen LogP contribution in [0, 0.1) is 5.92 Å². The summed E-state index contributed by atoms with van der Waals surface area (Å²) in [6.45, 7) is 4.87. The molecule has 0 unspecified atom stereocenters. The number of aromatic nitrogens is 2. The zero-order chi connectivity index (χ0) is 23.2. The zero-order valence-electron chi connectivity index (χ0n) is 18.9. The first-order valence-corrected chi connectivity index (χ1v) is 11.0. The highest BCUT2D eigenvalue weighted by atomic mass is 16.6. The lowest BCUT2D eigenvalue weighted by Crippen LogP contribution is -2.58. The van der Waals surface area contributed by atoms with Gasteiger partial charge in [0, 0.05) is 25.9 Å². The predicted molar refractivity (Wildman–Crippen MR) is 117 cm³/mol. The Balaban J connectivity index is 1.92. The Bertz CT molecular complexity index is 654. The monoisotopic (exact) mass is 456 g/mol. The second-order valence-electron chi connectivity index (χ2n) is 7.41. The fraction of sp³-hybridized carbons (Fsp3) is 0.762. The van der Waals surface area contributed by atoms with Crippen LogP contribution in [0.3, 0.4) is 0 Å². The van der Waals surface area contributed by atoms with Gasteiger partial charge in [-0.05, 0) is 6.42 Å². The Hall–Kier alpha value is -1.89. The van der Waals surface area contributed by atoms with Crippen molar-refractivity contribution in [3.63, 3.8) is 0 Å². The first-order valence-electron chi connectivity index (χ1n) is 11.0. The van der Waals surface area contributed by atoms with E-state index in [-0.39, 0.29) is 18.7 Å². The molecule has 0 aliphatic carbocycles. The van der Waals surface area contributed by atoms with Crippen LogP contribution in [0.25, 0.3) is 0 Å². The van der Waals surface area contributed by atoms with E-state index in [9.17, 15) is 9.90 Å². The molecule has 1 saturated heterocycles. The van der Waals surface area contributed by atoms with E-state index in [4.69, 9.17) is 29.4 Å². The maximum absolute atomic E-state index is 11.8. The van der Waals surface area contributed by atoms with Crippen molar-refractivity contribution in [3.05, 3.63) is 12.3 Å². The van der Waals surface area contributed by atoms with Gasteiger partial charge < -0.3 is 44.6 Å². The number of carbonyl (C=O) groups is 1. The quantitative estimate of drug-likeness (QED) is 0.228. The summed E-state index contributed by atoms with van der Waals surface area (Å²) >= 11 is 0. The SMILES string of the molecule is CCC[C@H]1O[C@H](COC)[C@H](O)[C@H](C=O)[C@H]1Nc1nccc(OCCOCCOCCN)n1. The van der Waals surface area contributed by atoms with Crippen molar-refractivity contribution < 1.29 is 33.6 Å². The Morgan fingerprint density at radius 1 is 1.22 bits per heavy atom. The second kappa shape index (κ2) is 15.0. The van der Waals surface area contributed by atoms with E-state index < -0.39 is 24.2 Å². The van der Waals surface area contributed by atoms with Crippen LogP contribution in [0.5, 0.6) is 5.88 Å². The van der Waals surface area contributed by atoms with E-state index in [0.29, 0.717) is 51.9 Å². The van der Waals surface area contributed by atoms with Crippen LogP contribution in [0.2, 0.25) is 0 Å². The first kappa shape index (κ1) is 26.4. The van der Waals surface area contributed by atoms with E-state index in [1.807, 2.05) is 6.92 Å². The molecular formula is C21H36N4O7. The number of aldehydes is 1. The average Bonchev–Trinajstić information content (AvgIpc) is 2.79. The summed E-state index contributed by atoms with van der Waals surface area (Å²) in [5.41, 5.74) is 5.35. The lowest BCUT2D eigenvalue weighted by atomic mass is 9.83. The number of anilines is 1. The highest BCUT2D eigenvalue weighted by Gasteiger charge is 2.45. The third-order valence-electron chi connectivity index (χ3n) is 5.04. The van der Waals surface area contributed by atoms with Gasteiger partial charge in [0.2, 0.25) is 11.8 Å². The minimum atomic E-state index is -0.997. The molecular weight excluding hydrogens is 420 g/mol. The van der Waals surface area contributed by atoms with Gasteiger partial charge in [-0.2, -0.15) is 4.98 Å². The summed E-state index contributed by atoms with van der Waals surface area (Å²) in [6, 6.07) is 1.15. The van der Waals surface area contributed by atoms with Crippen LogP contribution < -0.4 is 15.8 Å². The molecule has 1 aromatic rings. The molecule has 0 saturated carbocycles. The third kappa shape index (κ3) is 8.23. The molecule has 1 aromatic heterocycles. The van der Waals surface area contributed by atoms with Crippen LogP contribution in [0.4, 0.5) is 5.95 Å². The molecule has 0 spiro atoms. The Labute approximate surface area is 188 Å². The van der Waals surface area contributed by atoms with Gasteiger partial charge in [-0.15, -0.1) is 0 Å². The summed E-state index contributed by atoms with van der Waals surface area (Å²) in [4.78, 5) is 20.4. The molecule has 1 fully saturated rings. The molecule has 11 nitrogen and oxygen atoms in total. The molecule has 182 valence electrons. The molecule has 0 aromatic carbocycles. The van der Waals surface area contributed by atoms with Crippen molar-refractivity contribution in [1.29, 1.82) is 0 Å². The maximum Gasteiger partial charge on any atom is 0.226 e. The van der Waals surface area contributed by atoms with Crippen LogP contribution >= 0.6 is 0 Å². The van der Waals surface area contributed by atoms with Crippen molar-refractivity contribution in [1.82, 2.24) is 9.97 Å². The largest absolute Gasteiger partial charge is 0.475 e. The Morgan fingerprint density at radius 2 is 1.97 bits per heavy atom. The fourth-order valence-corrected chi connectivity index (χ4v) is 3.54. The van der Waals surface area contributed by atoms with E-state index in [1.165, 1.54) is 7.11 Å². The molecule has 4 N–H and O–H groups in total. The molecule has 5 atom stereocenters. The van der Waals surface area contributed by atoms with E-state index in [2.05, 4.69) is 15.3 Å². The summed E-state index contributed by atoms with van der Waals surface area (Å²) in [5, 5.41) is 13.8. The second-order valence-corrected chi connectivity index (χ2v) is 7.41.